The van der Waals surface area contributed by atoms with Gasteiger partial charge in [-0.05, 0) is 17.7 Å². The molecule has 2 aliphatic rings. The third-order valence-electron chi connectivity index (χ3n) is 5.61. The lowest BCUT2D eigenvalue weighted by atomic mass is 9.83. The van der Waals surface area contributed by atoms with E-state index in [1.807, 2.05) is 5.01 Å². The van der Waals surface area contributed by atoms with Crippen molar-refractivity contribution >= 4 is 17.8 Å². The molecule has 1 aromatic carbocycles. The smallest absolute Gasteiger partial charge is 0.322 e. The maximum Gasteiger partial charge on any atom is 0.322 e. The zero-order chi connectivity index (χ0) is 22.0. The number of amides is 1. The van der Waals surface area contributed by atoms with Gasteiger partial charge >= 0.3 is 11.9 Å². The van der Waals surface area contributed by atoms with Crippen LogP contribution in [0.4, 0.5) is 0 Å². The molecule has 1 amide bonds. The zero-order valence-electron chi connectivity index (χ0n) is 17.7. The van der Waals surface area contributed by atoms with Crippen molar-refractivity contribution in [3.63, 3.8) is 0 Å². The van der Waals surface area contributed by atoms with Gasteiger partial charge in [0.2, 0.25) is 11.7 Å². The van der Waals surface area contributed by atoms with Crippen molar-refractivity contribution in [2.45, 2.75) is 18.4 Å². The molecule has 0 bridgehead atoms. The summed E-state index contributed by atoms with van der Waals surface area (Å²) in [6, 6.07) is 2.72. The summed E-state index contributed by atoms with van der Waals surface area (Å²) in [6.07, 6.45) is 0.313. The minimum Gasteiger partial charge on any atom is -0.493 e. The molecule has 1 aromatic rings. The van der Waals surface area contributed by atoms with Crippen molar-refractivity contribution in [3.05, 3.63) is 17.7 Å². The van der Waals surface area contributed by atoms with Gasteiger partial charge in [-0.3, -0.25) is 19.4 Å². The van der Waals surface area contributed by atoms with E-state index in [1.165, 1.54) is 40.6 Å². The summed E-state index contributed by atoms with van der Waals surface area (Å²) >= 11 is 0. The van der Waals surface area contributed by atoms with E-state index >= 15 is 0 Å². The summed E-state index contributed by atoms with van der Waals surface area (Å²) in [6.45, 7) is 0.935. The second kappa shape index (κ2) is 8.78. The molecule has 0 aliphatic carbocycles. The van der Waals surface area contributed by atoms with Gasteiger partial charge in [0.25, 0.3) is 0 Å². The molecule has 10 nitrogen and oxygen atoms in total. The standard InChI is InChI=1S/C20H26N2O8/c1-26-13-8-11(9-14(27-2)18(13)28-3)12-10-21-7-6-15(23)22(21)17(12)16(19(24)29-4)20(25)30-5/h8-9,12,16-17H,6-7,10H2,1-5H3/t12-,17+/m1/s1. The minimum absolute atomic E-state index is 0.159. The Kier molecular flexibility index (Phi) is 6.35. The van der Waals surface area contributed by atoms with E-state index in [-0.39, 0.29) is 5.91 Å². The van der Waals surface area contributed by atoms with Gasteiger partial charge in [0.1, 0.15) is 0 Å². The number of fused-ring (bicyclic) bond motifs is 1. The molecule has 0 unspecified atom stereocenters. The number of rotatable bonds is 7. The number of esters is 2. The molecule has 3 rings (SSSR count). The molecule has 0 saturated carbocycles. The minimum atomic E-state index is -1.30. The quantitative estimate of drug-likeness (QED) is 0.461. The van der Waals surface area contributed by atoms with Crippen molar-refractivity contribution in [1.82, 2.24) is 10.0 Å². The first-order valence-corrected chi connectivity index (χ1v) is 9.44. The second-order valence-electron chi connectivity index (χ2n) is 6.98. The average Bonchev–Trinajstić information content (AvgIpc) is 3.32. The van der Waals surface area contributed by atoms with Gasteiger partial charge < -0.3 is 23.7 Å². The van der Waals surface area contributed by atoms with Crippen LogP contribution in [0.25, 0.3) is 0 Å². The van der Waals surface area contributed by atoms with E-state index in [2.05, 4.69) is 0 Å². The van der Waals surface area contributed by atoms with Gasteiger partial charge in [-0.1, -0.05) is 0 Å². The Morgan fingerprint density at radius 1 is 0.967 bits per heavy atom. The van der Waals surface area contributed by atoms with Gasteiger partial charge in [0.05, 0.1) is 41.6 Å². The molecular formula is C20H26N2O8. The number of hydrogen-bond donors (Lipinski definition) is 0. The highest BCUT2D eigenvalue weighted by atomic mass is 16.5. The van der Waals surface area contributed by atoms with Crippen molar-refractivity contribution in [2.75, 3.05) is 48.6 Å². The van der Waals surface area contributed by atoms with E-state index in [4.69, 9.17) is 23.7 Å². The largest absolute Gasteiger partial charge is 0.493 e. The molecular weight excluding hydrogens is 396 g/mol. The van der Waals surface area contributed by atoms with Gasteiger partial charge in [0.15, 0.2) is 17.4 Å². The fraction of sp³-hybridized carbons (Fsp3) is 0.550. The van der Waals surface area contributed by atoms with Crippen LogP contribution in [0.1, 0.15) is 17.9 Å². The maximum absolute atomic E-state index is 12.6. The van der Waals surface area contributed by atoms with Gasteiger partial charge in [-0.25, -0.2) is 5.01 Å². The number of benzene rings is 1. The SMILES string of the molecule is COC(=O)C(C(=O)OC)[C@@H]1[C@@H](c2cc(OC)c(OC)c(OC)c2)CN2CCC(=O)N12. The van der Waals surface area contributed by atoms with Crippen LogP contribution in [-0.4, -0.2) is 82.5 Å². The summed E-state index contributed by atoms with van der Waals surface area (Å²) in [7, 11) is 6.91. The Morgan fingerprint density at radius 2 is 1.53 bits per heavy atom. The predicted molar refractivity (Wildman–Crippen MR) is 103 cm³/mol. The molecule has 2 heterocycles. The average molecular weight is 422 g/mol. The van der Waals surface area contributed by atoms with Crippen LogP contribution in [0.15, 0.2) is 12.1 Å². The molecule has 30 heavy (non-hydrogen) atoms. The lowest BCUT2D eigenvalue weighted by molar-refractivity contribution is -0.165. The van der Waals surface area contributed by atoms with Crippen molar-refractivity contribution < 1.29 is 38.1 Å². The Bertz CT molecular complexity index is 801. The molecule has 10 heteroatoms. The van der Waals surface area contributed by atoms with Crippen LogP contribution in [0.5, 0.6) is 17.2 Å². The highest BCUT2D eigenvalue weighted by Gasteiger charge is 2.55. The Balaban J connectivity index is 2.14. The molecule has 0 spiro atoms. The summed E-state index contributed by atoms with van der Waals surface area (Å²) in [4.78, 5) is 37.8. The molecule has 0 aromatic heterocycles. The zero-order valence-corrected chi connectivity index (χ0v) is 17.7. The predicted octanol–water partition coefficient (Wildman–Crippen LogP) is 0.590. The third-order valence-corrected chi connectivity index (χ3v) is 5.61. The van der Waals surface area contributed by atoms with Crippen molar-refractivity contribution in [1.29, 1.82) is 0 Å². The van der Waals surface area contributed by atoms with Crippen LogP contribution < -0.4 is 14.2 Å². The normalized spacial score (nSPS) is 20.9. The van der Waals surface area contributed by atoms with E-state index in [9.17, 15) is 14.4 Å². The molecule has 2 atom stereocenters. The van der Waals surface area contributed by atoms with E-state index in [0.29, 0.717) is 36.8 Å². The van der Waals surface area contributed by atoms with Crippen molar-refractivity contribution in [3.8, 4) is 17.2 Å². The van der Waals surface area contributed by atoms with Gasteiger partial charge in [-0.15, -0.1) is 0 Å². The molecule has 0 radical (unpaired) electrons. The van der Waals surface area contributed by atoms with Gasteiger partial charge in [-0.2, -0.15) is 0 Å². The Labute approximate surface area is 174 Å². The number of hydrogen-bond acceptors (Lipinski definition) is 9. The fourth-order valence-electron chi connectivity index (χ4n) is 4.26. The van der Waals surface area contributed by atoms with Crippen LogP contribution in [-0.2, 0) is 23.9 Å². The highest BCUT2D eigenvalue weighted by Crippen LogP contribution is 2.45. The van der Waals surface area contributed by atoms with E-state index in [0.717, 1.165) is 5.56 Å². The highest BCUT2D eigenvalue weighted by molar-refractivity contribution is 5.97. The number of methoxy groups -OCH3 is 5. The lowest BCUT2D eigenvalue weighted by Crippen LogP contribution is -2.49. The third kappa shape index (κ3) is 3.51. The molecule has 2 fully saturated rings. The van der Waals surface area contributed by atoms with Crippen LogP contribution in [0.2, 0.25) is 0 Å². The van der Waals surface area contributed by atoms with Crippen LogP contribution >= 0.6 is 0 Å². The summed E-state index contributed by atoms with van der Waals surface area (Å²) in [5.74, 6) is -2.07. The van der Waals surface area contributed by atoms with E-state index in [1.54, 1.807) is 12.1 Å². The number of hydrazine groups is 1. The molecule has 2 aliphatic heterocycles. The Morgan fingerprint density at radius 3 is 2.00 bits per heavy atom. The maximum atomic E-state index is 12.6. The monoisotopic (exact) mass is 422 g/mol. The number of ether oxygens (including phenoxy) is 5. The number of carbonyl (C=O) groups excluding carboxylic acids is 3. The molecule has 2 saturated heterocycles. The molecule has 0 N–H and O–H groups in total. The summed E-state index contributed by atoms with van der Waals surface area (Å²) < 4.78 is 26.0. The number of nitrogens with zero attached hydrogens (tertiary/aromatic N) is 2. The second-order valence-corrected chi connectivity index (χ2v) is 6.98. The number of carbonyl (C=O) groups is 3. The summed E-state index contributed by atoms with van der Waals surface area (Å²) in [5.41, 5.74) is 0.731. The first-order valence-electron chi connectivity index (χ1n) is 9.44. The Hall–Kier alpha value is -3.01. The lowest BCUT2D eigenvalue weighted by Gasteiger charge is -2.31. The van der Waals surface area contributed by atoms with Crippen LogP contribution in [0, 0.1) is 5.92 Å². The molecule has 164 valence electrons. The topological polar surface area (TPSA) is 104 Å². The first kappa shape index (κ1) is 21.7. The summed E-state index contributed by atoms with van der Waals surface area (Å²) in [5, 5.41) is 3.34. The van der Waals surface area contributed by atoms with Crippen LogP contribution in [0.3, 0.4) is 0 Å². The van der Waals surface area contributed by atoms with E-state index < -0.39 is 29.8 Å². The van der Waals surface area contributed by atoms with Crippen molar-refractivity contribution in [2.24, 2.45) is 5.92 Å². The first-order chi connectivity index (χ1) is 14.4. The fourth-order valence-corrected chi connectivity index (χ4v) is 4.26. The van der Waals surface area contributed by atoms with Gasteiger partial charge in [0, 0.05) is 25.4 Å².